The van der Waals surface area contributed by atoms with Crippen LogP contribution in [0.15, 0.2) is 30.5 Å². The van der Waals surface area contributed by atoms with Crippen LogP contribution in [0, 0.1) is 10.1 Å². The summed E-state index contributed by atoms with van der Waals surface area (Å²) in [4.78, 5) is 10.1. The number of nitro groups is 1. The minimum atomic E-state index is -0.470. The summed E-state index contributed by atoms with van der Waals surface area (Å²) in [6.07, 6.45) is 1.73. The quantitative estimate of drug-likeness (QED) is 0.675. The number of nitrogens with one attached hydrogen (secondary N) is 1. The summed E-state index contributed by atoms with van der Waals surface area (Å²) in [7, 11) is 0. The molecule has 19 heavy (non-hydrogen) atoms. The van der Waals surface area contributed by atoms with Crippen molar-refractivity contribution in [3.05, 3.63) is 51.3 Å². The minimum Gasteiger partial charge on any atom is -0.378 e. The second kappa shape index (κ2) is 5.71. The molecule has 7 heteroatoms. The van der Waals surface area contributed by atoms with Crippen molar-refractivity contribution in [3.8, 4) is 0 Å². The number of anilines is 1. The van der Waals surface area contributed by atoms with Gasteiger partial charge in [0.2, 0.25) is 0 Å². The van der Waals surface area contributed by atoms with Crippen LogP contribution in [0.25, 0.3) is 0 Å². The Bertz CT molecular complexity index is 597. The van der Waals surface area contributed by atoms with Crippen LogP contribution in [-0.2, 0) is 13.1 Å². The molecule has 0 aliphatic heterocycles. The lowest BCUT2D eigenvalue weighted by Gasteiger charge is -2.09. The summed E-state index contributed by atoms with van der Waals surface area (Å²) in [5.41, 5.74) is 1.67. The van der Waals surface area contributed by atoms with E-state index in [9.17, 15) is 10.1 Å². The summed E-state index contributed by atoms with van der Waals surface area (Å²) in [6.45, 7) is 3.36. The smallest absolute Gasteiger partial charge is 0.271 e. The van der Waals surface area contributed by atoms with Crippen molar-refractivity contribution in [1.29, 1.82) is 0 Å². The molecule has 1 N–H and O–H groups in total. The molecule has 0 amide bonds. The van der Waals surface area contributed by atoms with Crippen LogP contribution >= 0.6 is 11.6 Å². The lowest BCUT2D eigenvalue weighted by Crippen LogP contribution is -2.08. The Hall–Kier alpha value is -2.08. The van der Waals surface area contributed by atoms with Crippen molar-refractivity contribution in [2.75, 3.05) is 5.32 Å². The van der Waals surface area contributed by atoms with E-state index < -0.39 is 4.92 Å². The van der Waals surface area contributed by atoms with Gasteiger partial charge in [0.25, 0.3) is 5.69 Å². The first-order valence-corrected chi connectivity index (χ1v) is 6.18. The van der Waals surface area contributed by atoms with E-state index in [1.807, 2.05) is 17.7 Å². The van der Waals surface area contributed by atoms with Crippen molar-refractivity contribution in [3.63, 3.8) is 0 Å². The predicted molar refractivity (Wildman–Crippen MR) is 73.3 cm³/mol. The maximum absolute atomic E-state index is 10.6. The van der Waals surface area contributed by atoms with E-state index in [1.165, 1.54) is 12.1 Å². The molecule has 0 bridgehead atoms. The Morgan fingerprint density at radius 3 is 2.89 bits per heavy atom. The standard InChI is InChI=1S/C12H13ClN4O2/c1-2-16-10(5-6-15-16)8-14-12-4-3-9(17(18)19)7-11(12)13/h3-7,14H,2,8H2,1H3. The van der Waals surface area contributed by atoms with Gasteiger partial charge in [-0.3, -0.25) is 14.8 Å². The van der Waals surface area contributed by atoms with Crippen LogP contribution in [0.1, 0.15) is 12.6 Å². The second-order valence-electron chi connectivity index (χ2n) is 3.91. The summed E-state index contributed by atoms with van der Waals surface area (Å²) in [5.74, 6) is 0. The van der Waals surface area contributed by atoms with Crippen LogP contribution in [0.3, 0.4) is 0 Å². The highest BCUT2D eigenvalue weighted by Gasteiger charge is 2.09. The van der Waals surface area contributed by atoms with Gasteiger partial charge in [0.1, 0.15) is 0 Å². The molecule has 0 atom stereocenters. The lowest BCUT2D eigenvalue weighted by molar-refractivity contribution is -0.384. The van der Waals surface area contributed by atoms with Crippen molar-refractivity contribution < 1.29 is 4.92 Å². The largest absolute Gasteiger partial charge is 0.378 e. The van der Waals surface area contributed by atoms with E-state index in [0.717, 1.165) is 12.2 Å². The number of non-ortho nitro benzene ring substituents is 1. The minimum absolute atomic E-state index is 0.0193. The molecule has 2 aromatic rings. The first-order chi connectivity index (χ1) is 9.11. The average molecular weight is 281 g/mol. The van der Waals surface area contributed by atoms with Gasteiger partial charge in [0.15, 0.2) is 0 Å². The maximum Gasteiger partial charge on any atom is 0.271 e. The molecule has 0 unspecified atom stereocenters. The van der Waals surface area contributed by atoms with E-state index in [-0.39, 0.29) is 5.69 Å². The molecule has 100 valence electrons. The highest BCUT2D eigenvalue weighted by Crippen LogP contribution is 2.26. The number of hydrogen-bond donors (Lipinski definition) is 1. The molecule has 0 spiro atoms. The number of hydrogen-bond acceptors (Lipinski definition) is 4. The maximum atomic E-state index is 10.6. The Morgan fingerprint density at radius 1 is 1.47 bits per heavy atom. The molecule has 0 aliphatic rings. The number of benzene rings is 1. The average Bonchev–Trinajstić information content (AvgIpc) is 2.84. The molecular weight excluding hydrogens is 268 g/mol. The van der Waals surface area contributed by atoms with E-state index in [4.69, 9.17) is 11.6 Å². The molecule has 0 saturated carbocycles. The Kier molecular flexibility index (Phi) is 4.01. The number of rotatable bonds is 5. The fourth-order valence-corrected chi connectivity index (χ4v) is 1.98. The van der Waals surface area contributed by atoms with Crippen molar-refractivity contribution in [2.24, 2.45) is 0 Å². The van der Waals surface area contributed by atoms with Crippen LogP contribution < -0.4 is 5.32 Å². The first kappa shape index (κ1) is 13.4. The summed E-state index contributed by atoms with van der Waals surface area (Å²) in [6, 6.07) is 6.27. The zero-order valence-electron chi connectivity index (χ0n) is 10.3. The van der Waals surface area contributed by atoms with Crippen molar-refractivity contribution >= 4 is 23.0 Å². The van der Waals surface area contributed by atoms with E-state index in [1.54, 1.807) is 12.3 Å². The Labute approximate surface area is 115 Å². The number of aromatic nitrogens is 2. The highest BCUT2D eigenvalue weighted by molar-refractivity contribution is 6.33. The fourth-order valence-electron chi connectivity index (χ4n) is 1.74. The van der Waals surface area contributed by atoms with Crippen LogP contribution in [0.2, 0.25) is 5.02 Å². The predicted octanol–water partition coefficient (Wildman–Crippen LogP) is 3.08. The molecule has 2 rings (SSSR count). The first-order valence-electron chi connectivity index (χ1n) is 5.80. The van der Waals surface area contributed by atoms with Gasteiger partial charge in [-0.25, -0.2) is 0 Å². The third-order valence-electron chi connectivity index (χ3n) is 2.73. The second-order valence-corrected chi connectivity index (χ2v) is 4.32. The molecule has 0 saturated heterocycles. The zero-order valence-corrected chi connectivity index (χ0v) is 11.1. The molecule has 0 radical (unpaired) electrons. The topological polar surface area (TPSA) is 73.0 Å². The summed E-state index contributed by atoms with van der Waals surface area (Å²) in [5, 5.41) is 18.2. The third kappa shape index (κ3) is 3.03. The van der Waals surface area contributed by atoms with E-state index >= 15 is 0 Å². The normalized spacial score (nSPS) is 10.4. The van der Waals surface area contributed by atoms with Gasteiger partial charge in [-0.15, -0.1) is 0 Å². The van der Waals surface area contributed by atoms with Gasteiger partial charge >= 0.3 is 0 Å². The Morgan fingerprint density at radius 2 is 2.26 bits per heavy atom. The van der Waals surface area contributed by atoms with Gasteiger partial charge in [-0.05, 0) is 19.1 Å². The number of nitro benzene ring substituents is 1. The molecular formula is C12H13ClN4O2. The monoisotopic (exact) mass is 280 g/mol. The van der Waals surface area contributed by atoms with Gasteiger partial charge in [0.05, 0.1) is 27.9 Å². The number of aryl methyl sites for hydroxylation is 1. The molecule has 0 fully saturated rings. The molecule has 1 aromatic heterocycles. The number of nitrogens with zero attached hydrogens (tertiary/aromatic N) is 3. The molecule has 1 heterocycles. The third-order valence-corrected chi connectivity index (χ3v) is 3.04. The molecule has 6 nitrogen and oxygen atoms in total. The van der Waals surface area contributed by atoms with Gasteiger partial charge in [-0.1, -0.05) is 11.6 Å². The highest BCUT2D eigenvalue weighted by atomic mass is 35.5. The summed E-state index contributed by atoms with van der Waals surface area (Å²) < 4.78 is 1.87. The van der Waals surface area contributed by atoms with Gasteiger partial charge in [0, 0.05) is 24.9 Å². The number of halogens is 1. The lowest BCUT2D eigenvalue weighted by atomic mass is 10.2. The van der Waals surface area contributed by atoms with Crippen LogP contribution in [-0.4, -0.2) is 14.7 Å². The molecule has 0 aliphatic carbocycles. The van der Waals surface area contributed by atoms with Crippen molar-refractivity contribution in [2.45, 2.75) is 20.0 Å². The Balaban J connectivity index is 2.10. The van der Waals surface area contributed by atoms with E-state index in [0.29, 0.717) is 17.3 Å². The fraction of sp³-hybridized carbons (Fsp3) is 0.250. The zero-order chi connectivity index (χ0) is 13.8. The van der Waals surface area contributed by atoms with Crippen LogP contribution in [0.4, 0.5) is 11.4 Å². The molecule has 1 aromatic carbocycles. The van der Waals surface area contributed by atoms with Crippen LogP contribution in [0.5, 0.6) is 0 Å². The van der Waals surface area contributed by atoms with E-state index in [2.05, 4.69) is 10.4 Å². The SMILES string of the molecule is CCn1nccc1CNc1ccc([N+](=O)[O-])cc1Cl. The summed E-state index contributed by atoms with van der Waals surface area (Å²) >= 11 is 6.00. The van der Waals surface area contributed by atoms with Gasteiger partial charge in [-0.2, -0.15) is 5.10 Å². The van der Waals surface area contributed by atoms with Crippen molar-refractivity contribution in [1.82, 2.24) is 9.78 Å². The van der Waals surface area contributed by atoms with Gasteiger partial charge < -0.3 is 5.32 Å².